The molecule has 2 nitrogen and oxygen atoms in total. The van der Waals surface area contributed by atoms with E-state index in [1.165, 1.54) is 22.5 Å². The zero-order chi connectivity index (χ0) is 11.0. The van der Waals surface area contributed by atoms with E-state index in [0.717, 1.165) is 18.0 Å². The van der Waals surface area contributed by atoms with Crippen molar-refractivity contribution in [3.8, 4) is 0 Å². The highest BCUT2D eigenvalue weighted by atomic mass is 32.1. The molecule has 1 aromatic carbocycles. The lowest BCUT2D eigenvalue weighted by Crippen LogP contribution is -2.24. The van der Waals surface area contributed by atoms with Crippen LogP contribution in [0.15, 0.2) is 41.8 Å². The third kappa shape index (κ3) is 1.53. The van der Waals surface area contributed by atoms with E-state index in [0.29, 0.717) is 0 Å². The topological polar surface area (TPSA) is 20.3 Å². The van der Waals surface area contributed by atoms with Crippen molar-refractivity contribution in [3.05, 3.63) is 57.8 Å². The predicted octanol–water partition coefficient (Wildman–Crippen LogP) is 2.90. The van der Waals surface area contributed by atoms with Crippen molar-refractivity contribution in [1.82, 2.24) is 4.90 Å². The Morgan fingerprint density at radius 3 is 2.31 bits per heavy atom. The molecule has 1 aliphatic rings. The van der Waals surface area contributed by atoms with E-state index in [4.69, 9.17) is 0 Å². The van der Waals surface area contributed by atoms with Crippen LogP contribution in [-0.2, 0) is 13.1 Å². The zero-order valence-electron chi connectivity index (χ0n) is 8.72. The average Bonchev–Trinajstić information content (AvgIpc) is 2.97. The van der Waals surface area contributed by atoms with Crippen LogP contribution in [0.2, 0.25) is 0 Å². The van der Waals surface area contributed by atoms with E-state index in [1.54, 1.807) is 0 Å². The Morgan fingerprint density at radius 2 is 1.75 bits per heavy atom. The van der Waals surface area contributed by atoms with Gasteiger partial charge in [0.2, 0.25) is 0 Å². The zero-order valence-corrected chi connectivity index (χ0v) is 9.54. The monoisotopic (exact) mass is 229 g/mol. The second-order valence-electron chi connectivity index (χ2n) is 3.91. The summed E-state index contributed by atoms with van der Waals surface area (Å²) in [7, 11) is 0. The maximum Gasteiger partial charge on any atom is 0.264 e. The van der Waals surface area contributed by atoms with Crippen LogP contribution in [0.5, 0.6) is 0 Å². The average molecular weight is 229 g/mol. The van der Waals surface area contributed by atoms with Gasteiger partial charge in [-0.3, -0.25) is 4.79 Å². The Hall–Kier alpha value is -1.61. The van der Waals surface area contributed by atoms with E-state index in [-0.39, 0.29) is 5.91 Å². The summed E-state index contributed by atoms with van der Waals surface area (Å²) in [5.74, 6) is 0.145. The molecule has 0 spiro atoms. The second kappa shape index (κ2) is 3.76. The van der Waals surface area contributed by atoms with Crippen molar-refractivity contribution >= 4 is 17.2 Å². The highest BCUT2D eigenvalue weighted by Gasteiger charge is 2.23. The van der Waals surface area contributed by atoms with Gasteiger partial charge < -0.3 is 4.90 Å². The Labute approximate surface area is 98.1 Å². The Balaban J connectivity index is 1.84. The summed E-state index contributed by atoms with van der Waals surface area (Å²) in [6.45, 7) is 1.49. The normalized spacial score (nSPS) is 13.9. The fourth-order valence-electron chi connectivity index (χ4n) is 2.03. The van der Waals surface area contributed by atoms with E-state index in [9.17, 15) is 4.79 Å². The number of nitrogens with zero attached hydrogens (tertiary/aromatic N) is 1. The number of amides is 1. The molecular formula is C13H11NOS. The van der Waals surface area contributed by atoms with Gasteiger partial charge in [-0.25, -0.2) is 0 Å². The van der Waals surface area contributed by atoms with Gasteiger partial charge in [0.15, 0.2) is 0 Å². The third-order valence-corrected chi connectivity index (χ3v) is 3.72. The maximum atomic E-state index is 12.1. The molecule has 0 N–H and O–H groups in total. The Bertz CT molecular complexity index is 493. The molecule has 2 heterocycles. The van der Waals surface area contributed by atoms with Crippen molar-refractivity contribution in [2.45, 2.75) is 13.1 Å². The first kappa shape index (κ1) is 9.60. The molecule has 0 aliphatic carbocycles. The Morgan fingerprint density at radius 1 is 1.06 bits per heavy atom. The van der Waals surface area contributed by atoms with Crippen LogP contribution in [0.25, 0.3) is 0 Å². The van der Waals surface area contributed by atoms with Gasteiger partial charge in [-0.2, -0.15) is 0 Å². The molecule has 0 bridgehead atoms. The standard InChI is InChI=1S/C13H11NOS/c15-13(12-6-3-7-16-12)14-8-10-4-1-2-5-11(10)9-14/h1-7H,8-9H2. The predicted molar refractivity (Wildman–Crippen MR) is 64.3 cm³/mol. The quantitative estimate of drug-likeness (QED) is 0.736. The molecule has 16 heavy (non-hydrogen) atoms. The summed E-state index contributed by atoms with van der Waals surface area (Å²) in [6, 6.07) is 12.0. The fraction of sp³-hybridized carbons (Fsp3) is 0.154. The minimum Gasteiger partial charge on any atom is -0.329 e. The maximum absolute atomic E-state index is 12.1. The minimum atomic E-state index is 0.145. The molecule has 2 aromatic rings. The van der Waals surface area contributed by atoms with Gasteiger partial charge in [0.25, 0.3) is 5.91 Å². The van der Waals surface area contributed by atoms with Crippen molar-refractivity contribution in [2.75, 3.05) is 0 Å². The molecule has 0 saturated heterocycles. The van der Waals surface area contributed by atoms with Gasteiger partial charge in [-0.1, -0.05) is 30.3 Å². The first-order chi connectivity index (χ1) is 7.84. The number of carbonyl (C=O) groups is 1. The van der Waals surface area contributed by atoms with Crippen molar-refractivity contribution in [3.63, 3.8) is 0 Å². The fourth-order valence-corrected chi connectivity index (χ4v) is 2.72. The van der Waals surface area contributed by atoms with Crippen LogP contribution >= 0.6 is 11.3 Å². The molecule has 1 amide bonds. The van der Waals surface area contributed by atoms with Crippen LogP contribution in [0, 0.1) is 0 Å². The highest BCUT2D eigenvalue weighted by molar-refractivity contribution is 7.12. The number of thiophene rings is 1. The summed E-state index contributed by atoms with van der Waals surface area (Å²) >= 11 is 1.51. The molecule has 80 valence electrons. The summed E-state index contributed by atoms with van der Waals surface area (Å²) in [5.41, 5.74) is 2.54. The van der Waals surface area contributed by atoms with Gasteiger partial charge in [0.1, 0.15) is 0 Å². The number of fused-ring (bicyclic) bond motifs is 1. The van der Waals surface area contributed by atoms with Crippen LogP contribution < -0.4 is 0 Å². The molecule has 1 aromatic heterocycles. The summed E-state index contributed by atoms with van der Waals surface area (Å²) in [4.78, 5) is 14.8. The van der Waals surface area contributed by atoms with Gasteiger partial charge in [0.05, 0.1) is 4.88 Å². The van der Waals surface area contributed by atoms with E-state index < -0.39 is 0 Å². The van der Waals surface area contributed by atoms with Gasteiger partial charge in [0, 0.05) is 13.1 Å². The van der Waals surface area contributed by atoms with E-state index in [1.807, 2.05) is 34.5 Å². The minimum absolute atomic E-state index is 0.145. The van der Waals surface area contributed by atoms with E-state index >= 15 is 0 Å². The van der Waals surface area contributed by atoms with Gasteiger partial charge >= 0.3 is 0 Å². The number of rotatable bonds is 1. The molecule has 0 saturated carbocycles. The van der Waals surface area contributed by atoms with Crippen molar-refractivity contribution < 1.29 is 4.79 Å². The number of benzene rings is 1. The largest absolute Gasteiger partial charge is 0.329 e. The molecule has 0 atom stereocenters. The molecule has 1 aliphatic heterocycles. The Kier molecular flexibility index (Phi) is 2.26. The molecule has 3 heteroatoms. The van der Waals surface area contributed by atoms with E-state index in [2.05, 4.69) is 12.1 Å². The van der Waals surface area contributed by atoms with Crippen LogP contribution in [-0.4, -0.2) is 10.8 Å². The molecule has 0 unspecified atom stereocenters. The van der Waals surface area contributed by atoms with Gasteiger partial charge in [-0.15, -0.1) is 11.3 Å². The van der Waals surface area contributed by atoms with Crippen LogP contribution in [0.3, 0.4) is 0 Å². The lowest BCUT2D eigenvalue weighted by molar-refractivity contribution is 0.0756. The lowest BCUT2D eigenvalue weighted by Gasteiger charge is -2.13. The number of hydrogen-bond donors (Lipinski definition) is 0. The lowest BCUT2D eigenvalue weighted by atomic mass is 10.1. The summed E-state index contributed by atoms with van der Waals surface area (Å²) in [5, 5.41) is 1.94. The SMILES string of the molecule is O=C(c1cccs1)N1Cc2ccccc2C1. The number of carbonyl (C=O) groups excluding carboxylic acids is 1. The highest BCUT2D eigenvalue weighted by Crippen LogP contribution is 2.24. The smallest absolute Gasteiger partial charge is 0.264 e. The second-order valence-corrected chi connectivity index (χ2v) is 4.85. The van der Waals surface area contributed by atoms with Gasteiger partial charge in [-0.05, 0) is 22.6 Å². The first-order valence-electron chi connectivity index (χ1n) is 5.24. The third-order valence-electron chi connectivity index (χ3n) is 2.86. The van der Waals surface area contributed by atoms with Crippen molar-refractivity contribution in [1.29, 1.82) is 0 Å². The van der Waals surface area contributed by atoms with Crippen LogP contribution in [0.1, 0.15) is 20.8 Å². The molecular weight excluding hydrogens is 218 g/mol. The van der Waals surface area contributed by atoms with Crippen molar-refractivity contribution in [2.24, 2.45) is 0 Å². The summed E-state index contributed by atoms with van der Waals surface area (Å²) < 4.78 is 0. The molecule has 0 radical (unpaired) electrons. The van der Waals surface area contributed by atoms with Crippen LogP contribution in [0.4, 0.5) is 0 Å². The molecule has 0 fully saturated rings. The first-order valence-corrected chi connectivity index (χ1v) is 6.12. The summed E-state index contributed by atoms with van der Waals surface area (Å²) in [6.07, 6.45) is 0. The number of hydrogen-bond acceptors (Lipinski definition) is 2. The molecule has 3 rings (SSSR count).